The number of aliphatic hydroxyl groups is 1. The van der Waals surface area contributed by atoms with Gasteiger partial charge in [-0.3, -0.25) is 0 Å². The van der Waals surface area contributed by atoms with Crippen LogP contribution in [0.2, 0.25) is 0 Å². The fourth-order valence-corrected chi connectivity index (χ4v) is 2.33. The van der Waals surface area contributed by atoms with Crippen molar-refractivity contribution < 1.29 is 14.6 Å². The van der Waals surface area contributed by atoms with Gasteiger partial charge >= 0.3 is 5.97 Å². The zero-order chi connectivity index (χ0) is 13.4. The normalized spacial score (nSPS) is 28.5. The SMILES string of the molecule is CCOC(=O)/C=C/CNC1(CO)CCC(C)CC1. The highest BCUT2D eigenvalue weighted by molar-refractivity contribution is 5.81. The molecule has 2 N–H and O–H groups in total. The predicted octanol–water partition coefficient (Wildman–Crippen LogP) is 1.64. The lowest BCUT2D eigenvalue weighted by atomic mass is 9.77. The first-order valence-corrected chi connectivity index (χ1v) is 6.81. The molecule has 0 saturated heterocycles. The van der Waals surface area contributed by atoms with E-state index >= 15 is 0 Å². The molecular formula is C14H25NO3. The first-order chi connectivity index (χ1) is 8.62. The summed E-state index contributed by atoms with van der Waals surface area (Å²) >= 11 is 0. The van der Waals surface area contributed by atoms with E-state index in [9.17, 15) is 9.90 Å². The maximum absolute atomic E-state index is 11.1. The van der Waals surface area contributed by atoms with Crippen LogP contribution in [0.15, 0.2) is 12.2 Å². The van der Waals surface area contributed by atoms with Gasteiger partial charge in [-0.05, 0) is 38.5 Å². The Morgan fingerprint density at radius 1 is 1.50 bits per heavy atom. The van der Waals surface area contributed by atoms with Crippen molar-refractivity contribution in [3.63, 3.8) is 0 Å². The van der Waals surface area contributed by atoms with Crippen LogP contribution < -0.4 is 5.32 Å². The Bertz CT molecular complexity index is 281. The fraction of sp³-hybridized carbons (Fsp3) is 0.786. The van der Waals surface area contributed by atoms with Gasteiger partial charge in [-0.1, -0.05) is 13.0 Å². The maximum atomic E-state index is 11.1. The van der Waals surface area contributed by atoms with E-state index in [4.69, 9.17) is 4.74 Å². The van der Waals surface area contributed by atoms with Crippen molar-refractivity contribution in [1.82, 2.24) is 5.32 Å². The van der Waals surface area contributed by atoms with Crippen LogP contribution in [0.3, 0.4) is 0 Å². The molecule has 0 amide bonds. The number of hydrogen-bond donors (Lipinski definition) is 2. The van der Waals surface area contributed by atoms with Crippen LogP contribution in [0.1, 0.15) is 39.5 Å². The Hall–Kier alpha value is -0.870. The van der Waals surface area contributed by atoms with Crippen molar-refractivity contribution in [1.29, 1.82) is 0 Å². The number of carbonyl (C=O) groups is 1. The van der Waals surface area contributed by atoms with Gasteiger partial charge in [0.15, 0.2) is 0 Å². The van der Waals surface area contributed by atoms with Gasteiger partial charge in [0.2, 0.25) is 0 Å². The molecule has 0 aromatic rings. The van der Waals surface area contributed by atoms with E-state index in [0.717, 1.165) is 31.6 Å². The number of nitrogens with one attached hydrogen (secondary N) is 1. The van der Waals surface area contributed by atoms with Crippen LogP contribution in [0.4, 0.5) is 0 Å². The molecule has 1 aliphatic carbocycles. The second-order valence-electron chi connectivity index (χ2n) is 5.16. The van der Waals surface area contributed by atoms with Crippen LogP contribution in [-0.4, -0.2) is 36.4 Å². The molecule has 104 valence electrons. The molecule has 0 atom stereocenters. The summed E-state index contributed by atoms with van der Waals surface area (Å²) in [5.74, 6) is 0.441. The molecule has 0 radical (unpaired) electrons. The smallest absolute Gasteiger partial charge is 0.330 e. The molecule has 0 aromatic carbocycles. The third-order valence-corrected chi connectivity index (χ3v) is 3.67. The number of esters is 1. The summed E-state index contributed by atoms with van der Waals surface area (Å²) in [6, 6.07) is 0. The summed E-state index contributed by atoms with van der Waals surface area (Å²) in [6.45, 7) is 5.19. The van der Waals surface area contributed by atoms with Crippen molar-refractivity contribution >= 4 is 5.97 Å². The van der Waals surface area contributed by atoms with E-state index in [1.165, 1.54) is 6.08 Å². The highest BCUT2D eigenvalue weighted by Crippen LogP contribution is 2.31. The first kappa shape index (κ1) is 15.2. The summed E-state index contributed by atoms with van der Waals surface area (Å²) < 4.78 is 4.80. The Morgan fingerprint density at radius 2 is 2.17 bits per heavy atom. The Labute approximate surface area is 109 Å². The van der Waals surface area contributed by atoms with Crippen molar-refractivity contribution in [2.75, 3.05) is 19.8 Å². The number of rotatable bonds is 6. The molecule has 0 unspecified atom stereocenters. The topological polar surface area (TPSA) is 58.6 Å². The number of ether oxygens (including phenoxy) is 1. The van der Waals surface area contributed by atoms with E-state index in [0.29, 0.717) is 13.2 Å². The fourth-order valence-electron chi connectivity index (χ4n) is 2.33. The number of carbonyl (C=O) groups excluding carboxylic acids is 1. The van der Waals surface area contributed by atoms with Gasteiger partial charge in [-0.15, -0.1) is 0 Å². The molecule has 1 saturated carbocycles. The second-order valence-corrected chi connectivity index (χ2v) is 5.16. The minimum absolute atomic E-state index is 0.160. The second kappa shape index (κ2) is 7.54. The van der Waals surface area contributed by atoms with Crippen molar-refractivity contribution in [3.05, 3.63) is 12.2 Å². The van der Waals surface area contributed by atoms with E-state index in [-0.39, 0.29) is 18.1 Å². The summed E-state index contributed by atoms with van der Waals surface area (Å²) in [7, 11) is 0. The molecule has 1 rings (SSSR count). The standard InChI is InChI=1S/C14H25NO3/c1-3-18-13(17)5-4-10-15-14(11-16)8-6-12(2)7-9-14/h4-5,12,15-16H,3,6-11H2,1-2H3/b5-4+. The molecule has 0 spiro atoms. The van der Waals surface area contributed by atoms with Crippen LogP contribution in [0.25, 0.3) is 0 Å². The third-order valence-electron chi connectivity index (χ3n) is 3.67. The molecule has 4 nitrogen and oxygen atoms in total. The average molecular weight is 255 g/mol. The molecule has 1 aliphatic rings. The molecular weight excluding hydrogens is 230 g/mol. The van der Waals surface area contributed by atoms with Crippen molar-refractivity contribution in [2.24, 2.45) is 5.92 Å². The van der Waals surface area contributed by atoms with E-state index in [2.05, 4.69) is 12.2 Å². The summed E-state index contributed by atoms with van der Waals surface area (Å²) in [6.07, 6.45) is 7.49. The Balaban J connectivity index is 2.33. The quantitative estimate of drug-likeness (QED) is 0.559. The highest BCUT2D eigenvalue weighted by atomic mass is 16.5. The third kappa shape index (κ3) is 4.78. The van der Waals surface area contributed by atoms with Gasteiger partial charge in [0.1, 0.15) is 0 Å². The van der Waals surface area contributed by atoms with Crippen molar-refractivity contribution in [2.45, 2.75) is 45.1 Å². The van der Waals surface area contributed by atoms with E-state index < -0.39 is 0 Å². The molecule has 1 fully saturated rings. The average Bonchev–Trinajstić information content (AvgIpc) is 2.38. The van der Waals surface area contributed by atoms with Gasteiger partial charge in [-0.2, -0.15) is 0 Å². The van der Waals surface area contributed by atoms with Gasteiger partial charge in [0, 0.05) is 18.2 Å². The van der Waals surface area contributed by atoms with Crippen LogP contribution in [0.5, 0.6) is 0 Å². The molecule has 0 heterocycles. The summed E-state index contributed by atoms with van der Waals surface area (Å²) in [4.78, 5) is 11.1. The molecule has 0 aromatic heterocycles. The predicted molar refractivity (Wildman–Crippen MR) is 71.2 cm³/mol. The van der Waals surface area contributed by atoms with Gasteiger partial charge in [-0.25, -0.2) is 4.79 Å². The van der Waals surface area contributed by atoms with E-state index in [1.54, 1.807) is 13.0 Å². The molecule has 18 heavy (non-hydrogen) atoms. The van der Waals surface area contributed by atoms with Gasteiger partial charge in [0.05, 0.1) is 13.2 Å². The largest absolute Gasteiger partial charge is 0.463 e. The minimum atomic E-state index is -0.311. The lowest BCUT2D eigenvalue weighted by Crippen LogP contribution is -2.50. The Kier molecular flexibility index (Phi) is 6.36. The molecule has 0 aliphatic heterocycles. The monoisotopic (exact) mass is 255 g/mol. The lowest BCUT2D eigenvalue weighted by Gasteiger charge is -2.38. The maximum Gasteiger partial charge on any atom is 0.330 e. The minimum Gasteiger partial charge on any atom is -0.463 e. The van der Waals surface area contributed by atoms with Crippen LogP contribution >= 0.6 is 0 Å². The lowest BCUT2D eigenvalue weighted by molar-refractivity contribution is -0.137. The van der Waals surface area contributed by atoms with Crippen molar-refractivity contribution in [3.8, 4) is 0 Å². The molecule has 4 heteroatoms. The number of aliphatic hydroxyl groups excluding tert-OH is 1. The van der Waals surface area contributed by atoms with Crippen LogP contribution in [-0.2, 0) is 9.53 Å². The Morgan fingerprint density at radius 3 is 2.72 bits per heavy atom. The van der Waals surface area contributed by atoms with E-state index in [1.807, 2.05) is 0 Å². The van der Waals surface area contributed by atoms with Gasteiger partial charge in [0.25, 0.3) is 0 Å². The molecule has 0 bridgehead atoms. The zero-order valence-electron chi connectivity index (χ0n) is 11.4. The summed E-state index contributed by atoms with van der Waals surface area (Å²) in [5.41, 5.74) is -0.161. The first-order valence-electron chi connectivity index (χ1n) is 6.81. The van der Waals surface area contributed by atoms with Gasteiger partial charge < -0.3 is 15.2 Å². The summed E-state index contributed by atoms with van der Waals surface area (Å²) in [5, 5.41) is 12.9. The van der Waals surface area contributed by atoms with Crippen LogP contribution in [0, 0.1) is 5.92 Å². The highest BCUT2D eigenvalue weighted by Gasteiger charge is 2.32. The zero-order valence-corrected chi connectivity index (χ0v) is 11.4. The number of hydrogen-bond acceptors (Lipinski definition) is 4.